The fraction of sp³-hybridized carbons (Fsp3) is 0.833. The Kier molecular flexibility index (Phi) is 2.88. The van der Waals surface area contributed by atoms with E-state index in [9.17, 15) is 5.11 Å². The highest BCUT2D eigenvalue weighted by Crippen LogP contribution is 2.32. The molecule has 2 aliphatic rings. The molecule has 2 atom stereocenters. The minimum Gasteiger partial charge on any atom is -0.392 e. The second-order valence-electron chi connectivity index (χ2n) is 5.43. The third kappa shape index (κ3) is 2.25. The summed E-state index contributed by atoms with van der Waals surface area (Å²) in [5.41, 5.74) is 1.05. The lowest BCUT2D eigenvalue weighted by Crippen LogP contribution is -2.38. The SMILES string of the molecule is CC(C)(C)O[C@H]1CCN2CC=C(CO)[C@H]12. The molecule has 3 heteroatoms. The van der Waals surface area contributed by atoms with Crippen LogP contribution in [0.3, 0.4) is 0 Å². The molecular weight excluding hydrogens is 190 g/mol. The van der Waals surface area contributed by atoms with Gasteiger partial charge in [-0.2, -0.15) is 0 Å². The van der Waals surface area contributed by atoms with Crippen LogP contribution in [0, 0.1) is 0 Å². The predicted octanol–water partition coefficient (Wildman–Crippen LogP) is 1.18. The molecule has 0 amide bonds. The molecule has 1 N–H and O–H groups in total. The van der Waals surface area contributed by atoms with Gasteiger partial charge < -0.3 is 9.84 Å². The lowest BCUT2D eigenvalue weighted by molar-refractivity contribution is -0.0654. The Morgan fingerprint density at radius 3 is 2.87 bits per heavy atom. The van der Waals surface area contributed by atoms with Gasteiger partial charge in [-0.05, 0) is 32.8 Å². The van der Waals surface area contributed by atoms with Gasteiger partial charge in [-0.15, -0.1) is 0 Å². The van der Waals surface area contributed by atoms with Crippen molar-refractivity contribution in [1.82, 2.24) is 4.90 Å². The zero-order chi connectivity index (χ0) is 11.1. The van der Waals surface area contributed by atoms with Crippen LogP contribution in [0.25, 0.3) is 0 Å². The molecule has 2 aliphatic heterocycles. The molecule has 0 bridgehead atoms. The van der Waals surface area contributed by atoms with Gasteiger partial charge in [0, 0.05) is 13.1 Å². The molecule has 0 aliphatic carbocycles. The van der Waals surface area contributed by atoms with Gasteiger partial charge in [-0.25, -0.2) is 0 Å². The van der Waals surface area contributed by atoms with E-state index in [1.165, 1.54) is 0 Å². The maximum atomic E-state index is 9.28. The van der Waals surface area contributed by atoms with E-state index in [0.717, 1.165) is 25.1 Å². The Balaban J connectivity index is 2.05. The molecule has 86 valence electrons. The lowest BCUT2D eigenvalue weighted by Gasteiger charge is -2.30. The molecule has 0 aromatic rings. The second-order valence-corrected chi connectivity index (χ2v) is 5.43. The van der Waals surface area contributed by atoms with E-state index < -0.39 is 0 Å². The van der Waals surface area contributed by atoms with Crippen molar-refractivity contribution >= 4 is 0 Å². The molecule has 0 unspecified atom stereocenters. The van der Waals surface area contributed by atoms with Crippen molar-refractivity contribution in [2.75, 3.05) is 19.7 Å². The minimum atomic E-state index is -0.0934. The van der Waals surface area contributed by atoms with Crippen LogP contribution in [-0.4, -0.2) is 47.4 Å². The monoisotopic (exact) mass is 211 g/mol. The molecule has 1 saturated heterocycles. The summed E-state index contributed by atoms with van der Waals surface area (Å²) in [6.07, 6.45) is 3.48. The van der Waals surface area contributed by atoms with Crippen LogP contribution in [0.1, 0.15) is 27.2 Å². The normalized spacial score (nSPS) is 31.9. The molecule has 3 nitrogen and oxygen atoms in total. The van der Waals surface area contributed by atoms with E-state index in [1.54, 1.807) is 0 Å². The number of hydrogen-bond donors (Lipinski definition) is 1. The number of ether oxygens (including phenoxy) is 1. The predicted molar refractivity (Wildman–Crippen MR) is 59.8 cm³/mol. The van der Waals surface area contributed by atoms with E-state index >= 15 is 0 Å². The third-order valence-corrected chi connectivity index (χ3v) is 3.10. The van der Waals surface area contributed by atoms with E-state index in [1.807, 2.05) is 0 Å². The zero-order valence-electron chi connectivity index (χ0n) is 9.86. The molecule has 2 heterocycles. The number of aliphatic hydroxyl groups is 1. The van der Waals surface area contributed by atoms with Crippen LogP contribution in [0.15, 0.2) is 11.6 Å². The number of aliphatic hydroxyl groups excluding tert-OH is 1. The molecule has 0 aromatic carbocycles. The smallest absolute Gasteiger partial charge is 0.0788 e. The molecule has 15 heavy (non-hydrogen) atoms. The average molecular weight is 211 g/mol. The second kappa shape index (κ2) is 3.89. The number of rotatable bonds is 2. The van der Waals surface area contributed by atoms with Crippen molar-refractivity contribution in [2.45, 2.75) is 44.9 Å². The van der Waals surface area contributed by atoms with Gasteiger partial charge >= 0.3 is 0 Å². The highest BCUT2D eigenvalue weighted by Gasteiger charge is 2.41. The molecule has 0 aromatic heterocycles. The first-order valence-electron chi connectivity index (χ1n) is 5.73. The number of nitrogens with zero attached hydrogens (tertiary/aromatic N) is 1. The summed E-state index contributed by atoms with van der Waals surface area (Å²) in [5.74, 6) is 0. The summed E-state index contributed by atoms with van der Waals surface area (Å²) in [4.78, 5) is 2.39. The Bertz CT molecular complexity index is 267. The van der Waals surface area contributed by atoms with E-state index in [4.69, 9.17) is 4.74 Å². The molecular formula is C12H21NO2. The first-order chi connectivity index (χ1) is 7.01. The van der Waals surface area contributed by atoms with Crippen LogP contribution in [0.4, 0.5) is 0 Å². The Hall–Kier alpha value is -0.380. The van der Waals surface area contributed by atoms with Gasteiger partial charge in [-0.1, -0.05) is 6.08 Å². The van der Waals surface area contributed by atoms with Crippen LogP contribution >= 0.6 is 0 Å². The lowest BCUT2D eigenvalue weighted by atomic mass is 10.0. The van der Waals surface area contributed by atoms with Crippen molar-refractivity contribution in [2.24, 2.45) is 0 Å². The Morgan fingerprint density at radius 1 is 1.53 bits per heavy atom. The maximum absolute atomic E-state index is 9.28. The van der Waals surface area contributed by atoms with Gasteiger partial charge in [-0.3, -0.25) is 4.90 Å². The fourth-order valence-corrected chi connectivity index (χ4v) is 2.59. The summed E-state index contributed by atoms with van der Waals surface area (Å²) in [5, 5.41) is 9.28. The first-order valence-corrected chi connectivity index (χ1v) is 5.73. The van der Waals surface area contributed by atoms with E-state index in [2.05, 4.69) is 31.7 Å². The summed E-state index contributed by atoms with van der Waals surface area (Å²) >= 11 is 0. The molecule has 0 spiro atoms. The van der Waals surface area contributed by atoms with Crippen LogP contribution in [-0.2, 0) is 4.74 Å². The summed E-state index contributed by atoms with van der Waals surface area (Å²) in [7, 11) is 0. The van der Waals surface area contributed by atoms with Gasteiger partial charge in [0.2, 0.25) is 0 Å². The molecule has 0 radical (unpaired) electrons. The summed E-state index contributed by atoms with van der Waals surface area (Å²) in [6, 6.07) is 0.328. The third-order valence-electron chi connectivity index (χ3n) is 3.10. The van der Waals surface area contributed by atoms with Crippen LogP contribution in [0.5, 0.6) is 0 Å². The van der Waals surface area contributed by atoms with Crippen molar-refractivity contribution in [3.63, 3.8) is 0 Å². The van der Waals surface area contributed by atoms with Crippen LogP contribution < -0.4 is 0 Å². The highest BCUT2D eigenvalue weighted by molar-refractivity contribution is 5.23. The maximum Gasteiger partial charge on any atom is 0.0788 e. The number of hydrogen-bond acceptors (Lipinski definition) is 3. The van der Waals surface area contributed by atoms with Crippen molar-refractivity contribution in [1.29, 1.82) is 0 Å². The van der Waals surface area contributed by atoms with Crippen molar-refractivity contribution in [3.05, 3.63) is 11.6 Å². The topological polar surface area (TPSA) is 32.7 Å². The largest absolute Gasteiger partial charge is 0.392 e. The minimum absolute atomic E-state index is 0.0934. The van der Waals surface area contributed by atoms with Gasteiger partial charge in [0.25, 0.3) is 0 Å². The van der Waals surface area contributed by atoms with E-state index in [0.29, 0.717) is 6.04 Å². The Labute approximate surface area is 91.7 Å². The van der Waals surface area contributed by atoms with Crippen LogP contribution in [0.2, 0.25) is 0 Å². The quantitative estimate of drug-likeness (QED) is 0.696. The van der Waals surface area contributed by atoms with Gasteiger partial charge in [0.1, 0.15) is 0 Å². The zero-order valence-corrected chi connectivity index (χ0v) is 9.86. The van der Waals surface area contributed by atoms with Crippen molar-refractivity contribution in [3.8, 4) is 0 Å². The molecule has 1 fully saturated rings. The highest BCUT2D eigenvalue weighted by atomic mass is 16.5. The summed E-state index contributed by atoms with van der Waals surface area (Å²) < 4.78 is 6.05. The molecule has 2 rings (SSSR count). The van der Waals surface area contributed by atoms with E-state index in [-0.39, 0.29) is 18.3 Å². The average Bonchev–Trinajstić information content (AvgIpc) is 2.65. The first kappa shape index (κ1) is 11.1. The molecule has 0 saturated carbocycles. The van der Waals surface area contributed by atoms with Gasteiger partial charge in [0.15, 0.2) is 0 Å². The summed E-state index contributed by atoms with van der Waals surface area (Å²) in [6.45, 7) is 8.51. The van der Waals surface area contributed by atoms with Gasteiger partial charge in [0.05, 0.1) is 24.4 Å². The standard InChI is InChI=1S/C12H21NO2/c1-12(2,3)15-10-5-7-13-6-4-9(8-14)11(10)13/h4,10-11,14H,5-8H2,1-3H3/t10-,11+/m0/s1. The number of fused-ring (bicyclic) bond motifs is 1. The van der Waals surface area contributed by atoms with Crippen molar-refractivity contribution < 1.29 is 9.84 Å². The fourth-order valence-electron chi connectivity index (χ4n) is 2.59. The Morgan fingerprint density at radius 2 is 2.27 bits per heavy atom.